The number of nitrogens with two attached hydrogens (primary N) is 1. The first-order valence-corrected chi connectivity index (χ1v) is 1.88. The van der Waals surface area contributed by atoms with Gasteiger partial charge >= 0.3 is 0 Å². The van der Waals surface area contributed by atoms with Crippen molar-refractivity contribution in [1.29, 1.82) is 5.53 Å². The molecular weight excluding hydrogens is 108 g/mol. The van der Waals surface area contributed by atoms with Crippen LogP contribution in [0.25, 0.3) is 0 Å². The second-order valence-electron chi connectivity index (χ2n) is 1.12. The fourth-order valence-electron chi connectivity index (χ4n) is 0.198. The zero-order valence-corrected chi connectivity index (χ0v) is 4.38. The minimum atomic E-state index is -0.400. The molecule has 0 aromatic carbocycles. The predicted molar refractivity (Wildman–Crippen MR) is 27.5 cm³/mol. The van der Waals surface area contributed by atoms with Gasteiger partial charge in [0.2, 0.25) is 11.6 Å². The number of hydrogen-bond donors (Lipinski definition) is 2. The summed E-state index contributed by atoms with van der Waals surface area (Å²) >= 11 is 0. The maximum absolute atomic E-state index is 10.2. The Labute approximate surface area is 46.1 Å². The molecule has 44 valence electrons. The molecule has 0 amide bonds. The average molecular weight is 114 g/mol. The number of ketones is 1. The van der Waals surface area contributed by atoms with Crippen LogP contribution in [0, 0.1) is 5.53 Å². The standard InChI is InChI=1S/C3H6N4O/c1-2(8)3(6-4)7-5/h4H,5H2,1H3. The average Bonchev–Trinajstić information content (AvgIpc) is 1.69. The zero-order chi connectivity index (χ0) is 6.57. The van der Waals surface area contributed by atoms with E-state index in [0.29, 0.717) is 0 Å². The largest absolute Gasteiger partial charge is 0.321 e. The lowest BCUT2D eigenvalue weighted by Gasteiger charge is -1.83. The van der Waals surface area contributed by atoms with Crippen molar-refractivity contribution in [1.82, 2.24) is 0 Å². The Morgan fingerprint density at radius 2 is 2.25 bits per heavy atom. The van der Waals surface area contributed by atoms with E-state index in [1.807, 2.05) is 0 Å². The molecule has 0 unspecified atom stereocenters. The number of hydrazone groups is 1. The quantitative estimate of drug-likeness (QED) is 0.163. The van der Waals surface area contributed by atoms with Crippen LogP contribution in [0.4, 0.5) is 0 Å². The third-order valence-electron chi connectivity index (χ3n) is 0.543. The highest BCUT2D eigenvalue weighted by atomic mass is 16.1. The summed E-state index contributed by atoms with van der Waals surface area (Å²) in [5, 5.41) is 5.65. The molecule has 0 aliphatic carbocycles. The molecule has 0 fully saturated rings. The van der Waals surface area contributed by atoms with E-state index in [0.717, 1.165) is 0 Å². The van der Waals surface area contributed by atoms with Crippen molar-refractivity contribution in [2.24, 2.45) is 16.1 Å². The van der Waals surface area contributed by atoms with Crippen molar-refractivity contribution in [3.05, 3.63) is 0 Å². The molecule has 0 aromatic rings. The van der Waals surface area contributed by atoms with Crippen molar-refractivity contribution in [3.63, 3.8) is 0 Å². The molecule has 0 rings (SSSR count). The minimum absolute atomic E-state index is 0.259. The molecule has 8 heavy (non-hydrogen) atoms. The Morgan fingerprint density at radius 1 is 1.75 bits per heavy atom. The van der Waals surface area contributed by atoms with Gasteiger partial charge < -0.3 is 5.84 Å². The lowest BCUT2D eigenvalue weighted by atomic mass is 10.4. The van der Waals surface area contributed by atoms with Crippen LogP contribution in [0.15, 0.2) is 10.2 Å². The van der Waals surface area contributed by atoms with Gasteiger partial charge in [-0.15, -0.1) is 5.11 Å². The Bertz CT molecular complexity index is 138. The SMILES string of the molecule is CC(=O)C(N=N)=NN. The summed E-state index contributed by atoms with van der Waals surface area (Å²) in [6, 6.07) is 0. The third kappa shape index (κ3) is 1.46. The van der Waals surface area contributed by atoms with Crippen LogP contribution in [0.1, 0.15) is 6.92 Å². The molecule has 0 spiro atoms. The first kappa shape index (κ1) is 6.74. The van der Waals surface area contributed by atoms with E-state index < -0.39 is 5.78 Å². The number of carbonyl (C=O) groups excluding carboxylic acids is 1. The predicted octanol–water partition coefficient (Wildman–Crippen LogP) is -0.121. The molecule has 0 radical (unpaired) electrons. The first-order chi connectivity index (χ1) is 3.72. The van der Waals surface area contributed by atoms with Gasteiger partial charge in [0.15, 0.2) is 0 Å². The van der Waals surface area contributed by atoms with Crippen molar-refractivity contribution in [3.8, 4) is 0 Å². The Hall–Kier alpha value is -1.26. The van der Waals surface area contributed by atoms with Crippen LogP contribution in [-0.4, -0.2) is 11.6 Å². The highest BCUT2D eigenvalue weighted by molar-refractivity contribution is 6.37. The molecule has 5 heteroatoms. The van der Waals surface area contributed by atoms with Crippen LogP contribution >= 0.6 is 0 Å². The second-order valence-corrected chi connectivity index (χ2v) is 1.12. The molecule has 3 N–H and O–H groups in total. The number of nitrogens with zero attached hydrogens (tertiary/aromatic N) is 2. The van der Waals surface area contributed by atoms with Crippen LogP contribution in [0.5, 0.6) is 0 Å². The summed E-state index contributed by atoms with van der Waals surface area (Å²) in [6.45, 7) is 1.24. The normalized spacial score (nSPS) is 10.9. The van der Waals surface area contributed by atoms with Gasteiger partial charge in [-0.2, -0.15) is 5.10 Å². The molecule has 5 nitrogen and oxygen atoms in total. The summed E-state index contributed by atoms with van der Waals surface area (Å²) < 4.78 is 0. The molecule has 0 bridgehead atoms. The number of hydrogen-bond acceptors (Lipinski definition) is 4. The van der Waals surface area contributed by atoms with Crippen LogP contribution in [-0.2, 0) is 4.79 Å². The van der Waals surface area contributed by atoms with Gasteiger partial charge in [0, 0.05) is 6.92 Å². The summed E-state index contributed by atoms with van der Waals surface area (Å²) in [4.78, 5) is 10.2. The Balaban J connectivity index is 4.13. The molecular formula is C3H6N4O. The van der Waals surface area contributed by atoms with Gasteiger partial charge in [-0.3, -0.25) is 4.79 Å². The number of rotatable bonds is 1. The van der Waals surface area contributed by atoms with E-state index in [-0.39, 0.29) is 5.84 Å². The summed E-state index contributed by atoms with van der Waals surface area (Å²) in [6.07, 6.45) is 0. The monoisotopic (exact) mass is 114 g/mol. The van der Waals surface area contributed by atoms with Crippen LogP contribution in [0.3, 0.4) is 0 Å². The van der Waals surface area contributed by atoms with E-state index in [4.69, 9.17) is 5.53 Å². The maximum Gasteiger partial charge on any atom is 0.234 e. The van der Waals surface area contributed by atoms with Crippen molar-refractivity contribution in [2.45, 2.75) is 6.92 Å². The topological polar surface area (TPSA) is 91.7 Å². The van der Waals surface area contributed by atoms with Crippen molar-refractivity contribution in [2.75, 3.05) is 0 Å². The molecule has 0 atom stereocenters. The first-order valence-electron chi connectivity index (χ1n) is 1.88. The van der Waals surface area contributed by atoms with Crippen molar-refractivity contribution < 1.29 is 4.79 Å². The van der Waals surface area contributed by atoms with E-state index in [1.165, 1.54) is 6.92 Å². The summed E-state index contributed by atoms with van der Waals surface area (Å²) in [5.74, 6) is 3.98. The van der Waals surface area contributed by atoms with E-state index in [9.17, 15) is 4.79 Å². The maximum atomic E-state index is 10.2. The Kier molecular flexibility index (Phi) is 2.39. The number of Topliss-reactive ketones (excluding diaryl/α,β-unsaturated/α-hetero) is 1. The second kappa shape index (κ2) is 2.84. The van der Waals surface area contributed by atoms with Gasteiger partial charge in [-0.25, -0.2) is 5.53 Å². The number of nitrogens with one attached hydrogen (secondary N) is 1. The van der Waals surface area contributed by atoms with Crippen LogP contribution in [0.2, 0.25) is 0 Å². The third-order valence-corrected chi connectivity index (χ3v) is 0.543. The van der Waals surface area contributed by atoms with Crippen molar-refractivity contribution >= 4 is 11.6 Å². The molecule has 0 heterocycles. The summed E-state index contributed by atoms with van der Waals surface area (Å²) in [5.41, 5.74) is 6.28. The smallest absolute Gasteiger partial charge is 0.234 e. The molecule has 0 aliphatic rings. The van der Waals surface area contributed by atoms with Gasteiger partial charge in [-0.05, 0) is 0 Å². The highest BCUT2D eigenvalue weighted by Gasteiger charge is 1.99. The van der Waals surface area contributed by atoms with Gasteiger partial charge in [0.05, 0.1) is 0 Å². The van der Waals surface area contributed by atoms with Gasteiger partial charge in [0.25, 0.3) is 0 Å². The molecule has 0 aliphatic heterocycles. The number of amidine groups is 1. The van der Waals surface area contributed by atoms with Gasteiger partial charge in [0.1, 0.15) is 0 Å². The number of carbonyl (C=O) groups is 1. The lowest BCUT2D eigenvalue weighted by molar-refractivity contribution is -0.111. The highest BCUT2D eigenvalue weighted by Crippen LogP contribution is 1.77. The van der Waals surface area contributed by atoms with Crippen LogP contribution < -0.4 is 5.84 Å². The minimum Gasteiger partial charge on any atom is -0.321 e. The molecule has 0 saturated carbocycles. The van der Waals surface area contributed by atoms with Gasteiger partial charge in [-0.1, -0.05) is 0 Å². The Morgan fingerprint density at radius 3 is 2.25 bits per heavy atom. The fraction of sp³-hybridized carbons (Fsp3) is 0.333. The molecule has 0 aromatic heterocycles. The zero-order valence-electron chi connectivity index (χ0n) is 4.38. The fourth-order valence-corrected chi connectivity index (χ4v) is 0.198. The van der Waals surface area contributed by atoms with E-state index in [2.05, 4.69) is 16.1 Å². The lowest BCUT2D eigenvalue weighted by Crippen LogP contribution is -2.07. The summed E-state index contributed by atoms with van der Waals surface area (Å²) in [7, 11) is 0. The molecule has 0 saturated heterocycles. The van der Waals surface area contributed by atoms with E-state index >= 15 is 0 Å². The van der Waals surface area contributed by atoms with E-state index in [1.54, 1.807) is 0 Å².